The van der Waals surface area contributed by atoms with Gasteiger partial charge in [-0.1, -0.05) is 18.2 Å². The molecular weight excluding hydrogens is 409 g/mol. The third-order valence-electron chi connectivity index (χ3n) is 4.75. The molecule has 4 rings (SSSR count). The Morgan fingerprint density at radius 1 is 1.30 bits per heavy atom. The van der Waals surface area contributed by atoms with Gasteiger partial charge in [0.15, 0.2) is 18.1 Å². The zero-order valence-corrected chi connectivity index (χ0v) is 16.8. The number of benzene rings is 2. The summed E-state index contributed by atoms with van der Waals surface area (Å²) in [5.41, 5.74) is 7.69. The lowest BCUT2D eigenvalue weighted by Crippen LogP contribution is -2.23. The second-order valence-corrected chi connectivity index (χ2v) is 7.56. The van der Waals surface area contributed by atoms with Gasteiger partial charge in [0, 0.05) is 17.9 Å². The van der Waals surface area contributed by atoms with Crippen LogP contribution in [0.4, 0.5) is 10.1 Å². The monoisotopic (exact) mass is 427 g/mol. The number of nitrogens with two attached hydrogens (primary N) is 1. The SMILES string of the molecule is COc1ccc([C@H]2CC(=O)Nc3c(-c4cccc(F)c4)nsc32)cc1OCC(N)=O. The van der Waals surface area contributed by atoms with Crippen molar-refractivity contribution in [2.45, 2.75) is 12.3 Å². The summed E-state index contributed by atoms with van der Waals surface area (Å²) in [7, 11) is 1.49. The van der Waals surface area contributed by atoms with E-state index in [9.17, 15) is 14.0 Å². The van der Waals surface area contributed by atoms with Crippen LogP contribution >= 0.6 is 11.5 Å². The first-order valence-corrected chi connectivity index (χ1v) is 9.88. The average Bonchev–Trinajstić information content (AvgIpc) is 3.15. The highest BCUT2D eigenvalue weighted by atomic mass is 32.1. The number of halogens is 1. The van der Waals surface area contributed by atoms with Gasteiger partial charge < -0.3 is 20.5 Å². The number of hydrogen-bond acceptors (Lipinski definition) is 6. The molecule has 2 amide bonds. The maximum Gasteiger partial charge on any atom is 0.255 e. The number of carbonyl (C=O) groups excluding carboxylic acids is 2. The molecule has 0 bridgehead atoms. The number of hydrogen-bond donors (Lipinski definition) is 2. The average molecular weight is 427 g/mol. The van der Waals surface area contributed by atoms with E-state index in [1.807, 2.05) is 6.07 Å². The van der Waals surface area contributed by atoms with E-state index in [0.29, 0.717) is 28.4 Å². The largest absolute Gasteiger partial charge is 0.493 e. The molecule has 0 radical (unpaired) electrons. The normalized spacial score (nSPS) is 15.3. The van der Waals surface area contributed by atoms with Gasteiger partial charge in [-0.3, -0.25) is 9.59 Å². The summed E-state index contributed by atoms with van der Waals surface area (Å²) in [5, 5.41) is 2.87. The molecule has 0 spiro atoms. The van der Waals surface area contributed by atoms with E-state index in [4.69, 9.17) is 15.2 Å². The first-order chi connectivity index (χ1) is 14.5. The smallest absolute Gasteiger partial charge is 0.255 e. The van der Waals surface area contributed by atoms with Gasteiger partial charge in [0.05, 0.1) is 17.7 Å². The van der Waals surface area contributed by atoms with Crippen LogP contribution in [0.1, 0.15) is 22.8 Å². The number of primary amides is 1. The zero-order valence-electron chi connectivity index (χ0n) is 16.0. The van der Waals surface area contributed by atoms with Crippen LogP contribution in [0, 0.1) is 5.82 Å². The first-order valence-electron chi connectivity index (χ1n) is 9.10. The lowest BCUT2D eigenvalue weighted by Gasteiger charge is -2.23. The van der Waals surface area contributed by atoms with E-state index in [-0.39, 0.29) is 30.7 Å². The van der Waals surface area contributed by atoms with E-state index < -0.39 is 5.91 Å². The van der Waals surface area contributed by atoms with Crippen LogP contribution in [0.25, 0.3) is 11.3 Å². The lowest BCUT2D eigenvalue weighted by molar-refractivity contribution is -0.120. The van der Waals surface area contributed by atoms with Gasteiger partial charge in [0.25, 0.3) is 5.91 Å². The fourth-order valence-electron chi connectivity index (χ4n) is 3.40. The summed E-state index contributed by atoms with van der Waals surface area (Å²) in [4.78, 5) is 24.4. The fourth-order valence-corrected chi connectivity index (χ4v) is 4.38. The molecule has 1 aliphatic rings. The fraction of sp³-hybridized carbons (Fsp3) is 0.190. The van der Waals surface area contributed by atoms with Crippen molar-refractivity contribution in [1.82, 2.24) is 4.37 Å². The molecule has 0 saturated carbocycles. The summed E-state index contributed by atoms with van der Waals surface area (Å²) in [6.07, 6.45) is 0.222. The molecule has 1 aliphatic heterocycles. The molecule has 0 aliphatic carbocycles. The highest BCUT2D eigenvalue weighted by Crippen LogP contribution is 2.46. The van der Waals surface area contributed by atoms with Crippen LogP contribution in [0.5, 0.6) is 11.5 Å². The van der Waals surface area contributed by atoms with Gasteiger partial charge in [0.1, 0.15) is 11.5 Å². The number of fused-ring (bicyclic) bond motifs is 1. The molecule has 1 atom stereocenters. The molecule has 2 aromatic carbocycles. The summed E-state index contributed by atoms with van der Waals surface area (Å²) in [5.74, 6) is -0.610. The molecule has 3 N–H and O–H groups in total. The van der Waals surface area contributed by atoms with Crippen molar-refractivity contribution in [2.75, 3.05) is 19.0 Å². The molecule has 30 heavy (non-hydrogen) atoms. The maximum atomic E-state index is 13.7. The zero-order chi connectivity index (χ0) is 21.3. The number of aromatic nitrogens is 1. The van der Waals surface area contributed by atoms with E-state index in [2.05, 4.69) is 9.69 Å². The number of ether oxygens (including phenoxy) is 2. The Labute approximate surface area is 175 Å². The highest BCUT2D eigenvalue weighted by Gasteiger charge is 2.32. The molecular formula is C21H18FN3O4S. The first kappa shape index (κ1) is 19.8. The second kappa shape index (κ2) is 8.11. The molecule has 154 valence electrons. The molecule has 7 nitrogen and oxygen atoms in total. The molecule has 3 aromatic rings. The lowest BCUT2D eigenvalue weighted by atomic mass is 9.89. The van der Waals surface area contributed by atoms with Crippen molar-refractivity contribution in [3.8, 4) is 22.8 Å². The predicted molar refractivity (Wildman–Crippen MR) is 110 cm³/mol. The predicted octanol–water partition coefficient (Wildman–Crippen LogP) is 3.30. The van der Waals surface area contributed by atoms with Gasteiger partial charge in [-0.25, -0.2) is 4.39 Å². The maximum absolute atomic E-state index is 13.7. The number of nitrogens with one attached hydrogen (secondary N) is 1. The Bertz CT molecular complexity index is 1130. The molecule has 9 heteroatoms. The van der Waals surface area contributed by atoms with Crippen LogP contribution in [-0.4, -0.2) is 29.9 Å². The van der Waals surface area contributed by atoms with Crippen molar-refractivity contribution in [1.29, 1.82) is 0 Å². The number of anilines is 1. The molecule has 1 aromatic heterocycles. The number of methoxy groups -OCH3 is 1. The number of nitrogens with zero attached hydrogens (tertiary/aromatic N) is 1. The minimum absolute atomic E-state index is 0.166. The van der Waals surface area contributed by atoms with E-state index in [1.165, 1.54) is 30.8 Å². The van der Waals surface area contributed by atoms with Crippen LogP contribution in [0.2, 0.25) is 0 Å². The molecule has 2 heterocycles. The Morgan fingerprint density at radius 3 is 2.87 bits per heavy atom. The Balaban J connectivity index is 1.74. The van der Waals surface area contributed by atoms with Crippen LogP contribution in [0.3, 0.4) is 0 Å². The van der Waals surface area contributed by atoms with Crippen LogP contribution in [0.15, 0.2) is 42.5 Å². The summed E-state index contributed by atoms with van der Waals surface area (Å²) < 4.78 is 28.9. The highest BCUT2D eigenvalue weighted by molar-refractivity contribution is 7.07. The van der Waals surface area contributed by atoms with Crippen molar-refractivity contribution < 1.29 is 23.5 Å². The van der Waals surface area contributed by atoms with E-state index in [0.717, 1.165) is 10.4 Å². The van der Waals surface area contributed by atoms with Gasteiger partial charge >= 0.3 is 0 Å². The standard InChI is InChI=1S/C21H18FN3O4S/c1-28-15-6-5-11(8-16(15)29-10-17(23)26)14-9-18(27)24-20-19(25-30-21(14)20)12-3-2-4-13(22)7-12/h2-8,14H,9-10H2,1H3,(H2,23,26)(H,24,27)/t14-/m1/s1. The van der Waals surface area contributed by atoms with Crippen LogP contribution < -0.4 is 20.5 Å². The third kappa shape index (κ3) is 3.84. The number of rotatable bonds is 6. The number of carbonyl (C=O) groups is 2. The Hall–Kier alpha value is -3.46. The second-order valence-electron chi connectivity index (χ2n) is 6.75. The molecule has 0 saturated heterocycles. The van der Waals surface area contributed by atoms with Crippen LogP contribution in [-0.2, 0) is 9.59 Å². The van der Waals surface area contributed by atoms with E-state index in [1.54, 1.807) is 24.3 Å². The van der Waals surface area contributed by atoms with Crippen molar-refractivity contribution in [3.05, 3.63) is 58.7 Å². The number of amides is 2. The summed E-state index contributed by atoms with van der Waals surface area (Å²) >= 11 is 1.26. The molecule has 0 unspecified atom stereocenters. The van der Waals surface area contributed by atoms with Crippen molar-refractivity contribution >= 4 is 29.0 Å². The Morgan fingerprint density at radius 2 is 2.13 bits per heavy atom. The minimum Gasteiger partial charge on any atom is -0.493 e. The molecule has 0 fully saturated rings. The minimum atomic E-state index is -0.607. The summed E-state index contributed by atoms with van der Waals surface area (Å²) in [6, 6.07) is 11.4. The van der Waals surface area contributed by atoms with Crippen molar-refractivity contribution in [2.24, 2.45) is 5.73 Å². The summed E-state index contributed by atoms with van der Waals surface area (Å²) in [6.45, 7) is -0.291. The third-order valence-corrected chi connectivity index (χ3v) is 5.71. The van der Waals surface area contributed by atoms with Crippen molar-refractivity contribution in [3.63, 3.8) is 0 Å². The van der Waals surface area contributed by atoms with Gasteiger partial charge in [-0.15, -0.1) is 0 Å². The topological polar surface area (TPSA) is 104 Å². The van der Waals surface area contributed by atoms with Gasteiger partial charge in [0.2, 0.25) is 5.91 Å². The Kier molecular flexibility index (Phi) is 5.37. The van der Waals surface area contributed by atoms with Gasteiger partial charge in [-0.05, 0) is 41.4 Å². The quantitative estimate of drug-likeness (QED) is 0.628. The van der Waals surface area contributed by atoms with E-state index >= 15 is 0 Å². The van der Waals surface area contributed by atoms with Gasteiger partial charge in [-0.2, -0.15) is 4.37 Å².